The molecule has 0 aliphatic carbocycles. The van der Waals surface area contributed by atoms with Crippen LogP contribution in [-0.2, 0) is 4.79 Å². The lowest BCUT2D eigenvalue weighted by molar-refractivity contribution is -0.137. The van der Waals surface area contributed by atoms with E-state index in [2.05, 4.69) is 10.6 Å². The summed E-state index contributed by atoms with van der Waals surface area (Å²) in [6.07, 6.45) is -0.00315. The molecule has 0 saturated heterocycles. The topological polar surface area (TPSA) is 78.4 Å². The van der Waals surface area contributed by atoms with Crippen molar-refractivity contribution in [2.45, 2.75) is 13.3 Å². The molecule has 0 aromatic heterocycles. The molecule has 2 amide bonds. The molecule has 5 nitrogen and oxygen atoms in total. The van der Waals surface area contributed by atoms with E-state index < -0.39 is 12.0 Å². The van der Waals surface area contributed by atoms with E-state index in [1.54, 1.807) is 6.92 Å². The maximum Gasteiger partial charge on any atom is 0.319 e. The molecule has 1 unspecified atom stereocenters. The van der Waals surface area contributed by atoms with Crippen LogP contribution >= 0.6 is 0 Å². The summed E-state index contributed by atoms with van der Waals surface area (Å²) in [6.45, 7) is 1.99. The van der Waals surface area contributed by atoms with Crippen LogP contribution in [0.2, 0.25) is 0 Å². The Morgan fingerprint density at radius 2 is 1.94 bits per heavy atom. The quantitative estimate of drug-likeness (QED) is 0.752. The summed E-state index contributed by atoms with van der Waals surface area (Å²) in [5, 5.41) is 13.6. The highest BCUT2D eigenvalue weighted by Gasteiger charge is 2.09. The molecule has 0 aliphatic rings. The van der Waals surface area contributed by atoms with Crippen LogP contribution < -0.4 is 10.6 Å². The first-order valence-corrected chi connectivity index (χ1v) is 5.49. The largest absolute Gasteiger partial charge is 0.481 e. The van der Waals surface area contributed by atoms with Gasteiger partial charge in [0.25, 0.3) is 0 Å². The van der Waals surface area contributed by atoms with Crippen molar-refractivity contribution in [2.75, 3.05) is 11.9 Å². The van der Waals surface area contributed by atoms with Gasteiger partial charge in [0, 0.05) is 18.7 Å². The Morgan fingerprint density at radius 1 is 1.33 bits per heavy atom. The minimum Gasteiger partial charge on any atom is -0.481 e. The third kappa shape index (κ3) is 5.29. The normalized spacial score (nSPS) is 11.7. The van der Waals surface area contributed by atoms with Crippen molar-refractivity contribution in [3.63, 3.8) is 0 Å². The lowest BCUT2D eigenvalue weighted by atomic mass is 10.1. The summed E-state index contributed by atoms with van der Waals surface area (Å²) in [5.41, 5.74) is 0.472. The van der Waals surface area contributed by atoms with Crippen LogP contribution in [0.15, 0.2) is 24.3 Å². The second kappa shape index (κ2) is 6.58. The van der Waals surface area contributed by atoms with Gasteiger partial charge in [0.15, 0.2) is 0 Å². The molecule has 18 heavy (non-hydrogen) atoms. The molecule has 1 atom stereocenters. The van der Waals surface area contributed by atoms with Gasteiger partial charge in [0.05, 0.1) is 0 Å². The van der Waals surface area contributed by atoms with Gasteiger partial charge in [-0.1, -0.05) is 6.92 Å². The van der Waals surface area contributed by atoms with E-state index in [4.69, 9.17) is 5.11 Å². The van der Waals surface area contributed by atoms with Crippen LogP contribution in [0.5, 0.6) is 0 Å². The number of carbonyl (C=O) groups is 2. The molecule has 0 fully saturated rings. The fourth-order valence-electron chi connectivity index (χ4n) is 1.35. The minimum atomic E-state index is -0.900. The highest BCUT2D eigenvalue weighted by molar-refractivity contribution is 5.89. The highest BCUT2D eigenvalue weighted by atomic mass is 19.1. The number of urea groups is 1. The minimum absolute atomic E-state index is 0.00315. The Morgan fingerprint density at radius 3 is 2.50 bits per heavy atom. The van der Waals surface area contributed by atoms with E-state index >= 15 is 0 Å². The van der Waals surface area contributed by atoms with Gasteiger partial charge in [-0.3, -0.25) is 4.79 Å². The van der Waals surface area contributed by atoms with E-state index in [-0.39, 0.29) is 24.7 Å². The lowest BCUT2D eigenvalue weighted by Gasteiger charge is -2.11. The van der Waals surface area contributed by atoms with Gasteiger partial charge in [-0.2, -0.15) is 0 Å². The van der Waals surface area contributed by atoms with Gasteiger partial charge in [-0.25, -0.2) is 9.18 Å². The monoisotopic (exact) mass is 254 g/mol. The van der Waals surface area contributed by atoms with E-state index in [0.717, 1.165) is 0 Å². The number of aliphatic carboxylic acids is 1. The molecule has 1 aromatic rings. The predicted octanol–water partition coefficient (Wildman–Crippen LogP) is 2.06. The molecular formula is C12H15FN2O3. The zero-order valence-electron chi connectivity index (χ0n) is 9.94. The molecule has 0 aliphatic heterocycles. The zero-order chi connectivity index (χ0) is 13.5. The maximum atomic E-state index is 12.6. The van der Waals surface area contributed by atoms with E-state index in [1.807, 2.05) is 0 Å². The summed E-state index contributed by atoms with van der Waals surface area (Å²) < 4.78 is 12.6. The highest BCUT2D eigenvalue weighted by Crippen LogP contribution is 2.07. The van der Waals surface area contributed by atoms with Crippen molar-refractivity contribution >= 4 is 17.7 Å². The standard InChI is InChI=1S/C12H15FN2O3/c1-8(6-11(16)17)7-14-12(18)15-10-4-2-9(13)3-5-10/h2-5,8H,6-7H2,1H3,(H,16,17)(H2,14,15,18). The Labute approximate surface area is 104 Å². The average Bonchev–Trinajstić information content (AvgIpc) is 2.29. The van der Waals surface area contributed by atoms with Crippen molar-refractivity contribution in [2.24, 2.45) is 5.92 Å². The molecule has 0 spiro atoms. The van der Waals surface area contributed by atoms with Gasteiger partial charge < -0.3 is 15.7 Å². The van der Waals surface area contributed by atoms with Gasteiger partial charge in [-0.05, 0) is 30.2 Å². The summed E-state index contributed by atoms with van der Waals surface area (Å²) in [4.78, 5) is 21.8. The first-order valence-electron chi connectivity index (χ1n) is 5.49. The van der Waals surface area contributed by atoms with Crippen LogP contribution in [0, 0.1) is 11.7 Å². The van der Waals surface area contributed by atoms with Crippen LogP contribution in [0.3, 0.4) is 0 Å². The molecule has 6 heteroatoms. The number of rotatable bonds is 5. The first kappa shape index (κ1) is 14.0. The van der Waals surface area contributed by atoms with Crippen LogP contribution in [0.1, 0.15) is 13.3 Å². The number of nitrogens with one attached hydrogen (secondary N) is 2. The Hall–Kier alpha value is -2.11. The second-order valence-electron chi connectivity index (χ2n) is 4.04. The fraction of sp³-hybridized carbons (Fsp3) is 0.333. The number of carboxylic acid groups (broad SMARTS) is 1. The average molecular weight is 254 g/mol. The number of benzene rings is 1. The van der Waals surface area contributed by atoms with Gasteiger partial charge in [0.2, 0.25) is 0 Å². The van der Waals surface area contributed by atoms with Crippen LogP contribution in [0.25, 0.3) is 0 Å². The lowest BCUT2D eigenvalue weighted by Crippen LogP contribution is -2.32. The molecule has 0 heterocycles. The van der Waals surface area contributed by atoms with Crippen molar-refractivity contribution in [3.05, 3.63) is 30.1 Å². The fourth-order valence-corrected chi connectivity index (χ4v) is 1.35. The second-order valence-corrected chi connectivity index (χ2v) is 4.04. The molecule has 0 radical (unpaired) electrons. The number of carboxylic acids is 1. The van der Waals surface area contributed by atoms with Crippen LogP contribution in [-0.4, -0.2) is 23.7 Å². The van der Waals surface area contributed by atoms with Crippen molar-refractivity contribution < 1.29 is 19.1 Å². The summed E-state index contributed by atoms with van der Waals surface area (Å²) in [7, 11) is 0. The summed E-state index contributed by atoms with van der Waals surface area (Å²) in [5.74, 6) is -1.43. The van der Waals surface area contributed by atoms with E-state index in [9.17, 15) is 14.0 Å². The molecule has 1 rings (SSSR count). The third-order valence-corrected chi connectivity index (χ3v) is 2.24. The Kier molecular flexibility index (Phi) is 5.10. The zero-order valence-corrected chi connectivity index (χ0v) is 9.94. The predicted molar refractivity (Wildman–Crippen MR) is 64.8 cm³/mol. The molecule has 0 bridgehead atoms. The number of anilines is 1. The number of amides is 2. The summed E-state index contributed by atoms with van der Waals surface area (Å²) in [6, 6.07) is 4.91. The maximum absolute atomic E-state index is 12.6. The SMILES string of the molecule is CC(CNC(=O)Nc1ccc(F)cc1)CC(=O)O. The van der Waals surface area contributed by atoms with E-state index in [1.165, 1.54) is 24.3 Å². The number of hydrogen-bond donors (Lipinski definition) is 3. The molecule has 0 saturated carbocycles. The third-order valence-electron chi connectivity index (χ3n) is 2.24. The number of hydrogen-bond acceptors (Lipinski definition) is 2. The summed E-state index contributed by atoms with van der Waals surface area (Å²) >= 11 is 0. The number of carbonyl (C=O) groups excluding carboxylic acids is 1. The molecule has 1 aromatic carbocycles. The van der Waals surface area contributed by atoms with Gasteiger partial charge in [-0.15, -0.1) is 0 Å². The van der Waals surface area contributed by atoms with Gasteiger partial charge >= 0.3 is 12.0 Å². The van der Waals surface area contributed by atoms with Gasteiger partial charge in [0.1, 0.15) is 5.82 Å². The Balaban J connectivity index is 2.33. The Bertz CT molecular complexity index is 420. The van der Waals surface area contributed by atoms with Crippen molar-refractivity contribution in [1.82, 2.24) is 5.32 Å². The van der Waals surface area contributed by atoms with Crippen molar-refractivity contribution in [1.29, 1.82) is 0 Å². The number of halogens is 1. The molecule has 98 valence electrons. The smallest absolute Gasteiger partial charge is 0.319 e. The first-order chi connectivity index (χ1) is 8.47. The van der Waals surface area contributed by atoms with Crippen molar-refractivity contribution in [3.8, 4) is 0 Å². The van der Waals surface area contributed by atoms with E-state index in [0.29, 0.717) is 5.69 Å². The molecular weight excluding hydrogens is 239 g/mol. The van der Waals surface area contributed by atoms with Crippen LogP contribution in [0.4, 0.5) is 14.9 Å². The molecule has 3 N–H and O–H groups in total.